The van der Waals surface area contributed by atoms with E-state index in [0.717, 1.165) is 25.7 Å². The number of hydrogen-bond donors (Lipinski definition) is 0. The second-order valence-electron chi connectivity index (χ2n) is 8.00. The van der Waals surface area contributed by atoms with E-state index in [1.807, 2.05) is 18.7 Å². The van der Waals surface area contributed by atoms with Gasteiger partial charge in [-0.25, -0.2) is 0 Å². The minimum Gasteiger partial charge on any atom is -0.493 e. The Morgan fingerprint density at radius 3 is 2.33 bits per heavy atom. The highest BCUT2D eigenvalue weighted by atomic mass is 16.6. The maximum atomic E-state index is 13.6. The molecule has 0 unspecified atom stereocenters. The van der Waals surface area contributed by atoms with E-state index >= 15 is 0 Å². The number of rotatable bonds is 3. The van der Waals surface area contributed by atoms with Crippen molar-refractivity contribution in [2.45, 2.75) is 69.6 Å². The summed E-state index contributed by atoms with van der Waals surface area (Å²) < 4.78 is 16.5. The topological polar surface area (TPSA) is 65.1 Å². The van der Waals surface area contributed by atoms with Gasteiger partial charge in [-0.05, 0) is 44.4 Å². The van der Waals surface area contributed by atoms with Gasteiger partial charge in [0.1, 0.15) is 12.0 Å². The molecule has 1 aliphatic carbocycles. The van der Waals surface area contributed by atoms with Gasteiger partial charge in [0.25, 0.3) is 5.91 Å². The van der Waals surface area contributed by atoms with Crippen LogP contribution < -0.4 is 9.47 Å². The summed E-state index contributed by atoms with van der Waals surface area (Å²) in [6.07, 6.45) is 5.00. The van der Waals surface area contributed by atoms with Crippen molar-refractivity contribution in [3.05, 3.63) is 23.3 Å². The molecular formula is C21H27NO5. The first kappa shape index (κ1) is 18.1. The molecule has 0 aromatic heterocycles. The number of carbonyl (C=O) groups is 2. The van der Waals surface area contributed by atoms with Crippen molar-refractivity contribution < 1.29 is 23.8 Å². The third-order valence-electron chi connectivity index (χ3n) is 6.71. The van der Waals surface area contributed by atoms with Gasteiger partial charge in [-0.15, -0.1) is 0 Å². The van der Waals surface area contributed by atoms with Crippen LogP contribution in [0.4, 0.5) is 0 Å². The fraction of sp³-hybridized carbons (Fsp3) is 0.619. The second-order valence-corrected chi connectivity index (χ2v) is 8.00. The van der Waals surface area contributed by atoms with Crippen LogP contribution in [0.1, 0.15) is 67.8 Å². The van der Waals surface area contributed by atoms with E-state index in [0.29, 0.717) is 22.6 Å². The molecule has 3 atom stereocenters. The van der Waals surface area contributed by atoms with Crippen LogP contribution in [-0.4, -0.2) is 48.7 Å². The van der Waals surface area contributed by atoms with Crippen molar-refractivity contribution in [2.75, 3.05) is 14.2 Å². The largest absolute Gasteiger partial charge is 0.493 e. The van der Waals surface area contributed by atoms with Gasteiger partial charge in [0.05, 0.1) is 19.8 Å². The SMILES string of the molecule is COc1cc2c(cc1OC)[C@@H]1C(=O)O[C@@H](C)[C@]1(C)N(C1CCCCC1)C2=O. The molecule has 0 radical (unpaired) electrons. The van der Waals surface area contributed by atoms with Gasteiger partial charge < -0.3 is 19.1 Å². The predicted octanol–water partition coefficient (Wildman–Crippen LogP) is 3.28. The average Bonchev–Trinajstić information content (AvgIpc) is 2.90. The highest BCUT2D eigenvalue weighted by Gasteiger charge is 2.62. The van der Waals surface area contributed by atoms with Gasteiger partial charge in [-0.2, -0.15) is 0 Å². The first-order chi connectivity index (χ1) is 12.9. The molecule has 6 nitrogen and oxygen atoms in total. The lowest BCUT2D eigenvalue weighted by Gasteiger charge is -2.51. The summed E-state index contributed by atoms with van der Waals surface area (Å²) in [7, 11) is 3.10. The molecule has 0 N–H and O–H groups in total. The molecule has 2 heterocycles. The van der Waals surface area contributed by atoms with Crippen molar-refractivity contribution in [1.29, 1.82) is 0 Å². The summed E-state index contributed by atoms with van der Waals surface area (Å²) in [5.74, 6) is 0.191. The third-order valence-corrected chi connectivity index (χ3v) is 6.71. The van der Waals surface area contributed by atoms with Gasteiger partial charge in [-0.1, -0.05) is 19.3 Å². The van der Waals surface area contributed by atoms with Gasteiger partial charge in [0, 0.05) is 11.6 Å². The molecule has 2 aliphatic heterocycles. The minimum absolute atomic E-state index is 0.0400. The Bertz CT molecular complexity index is 785. The Labute approximate surface area is 159 Å². The predicted molar refractivity (Wildman–Crippen MR) is 99.3 cm³/mol. The van der Waals surface area contributed by atoms with Crippen LogP contribution in [0.15, 0.2) is 12.1 Å². The lowest BCUT2D eigenvalue weighted by molar-refractivity contribution is -0.142. The van der Waals surface area contributed by atoms with Crippen molar-refractivity contribution in [3.63, 3.8) is 0 Å². The summed E-state index contributed by atoms with van der Waals surface area (Å²) in [6, 6.07) is 3.62. The molecule has 1 amide bonds. The molecule has 146 valence electrons. The van der Waals surface area contributed by atoms with Crippen LogP contribution >= 0.6 is 0 Å². The number of ether oxygens (including phenoxy) is 3. The molecule has 27 heavy (non-hydrogen) atoms. The first-order valence-corrected chi connectivity index (χ1v) is 9.73. The number of carbonyl (C=O) groups excluding carboxylic acids is 2. The normalized spacial score (nSPS) is 30.6. The number of hydrogen-bond acceptors (Lipinski definition) is 5. The van der Waals surface area contributed by atoms with Crippen molar-refractivity contribution >= 4 is 11.9 Å². The lowest BCUT2D eigenvalue weighted by Crippen LogP contribution is -2.63. The average molecular weight is 373 g/mol. The minimum atomic E-state index is -0.692. The van der Waals surface area contributed by atoms with E-state index < -0.39 is 11.5 Å². The van der Waals surface area contributed by atoms with E-state index in [2.05, 4.69) is 0 Å². The maximum absolute atomic E-state index is 13.6. The van der Waals surface area contributed by atoms with E-state index in [9.17, 15) is 9.59 Å². The molecule has 4 rings (SSSR count). The number of fused-ring (bicyclic) bond motifs is 3. The zero-order valence-corrected chi connectivity index (χ0v) is 16.4. The summed E-state index contributed by atoms with van der Waals surface area (Å²) >= 11 is 0. The Balaban J connectivity index is 1.92. The summed E-state index contributed by atoms with van der Waals surface area (Å²) in [6.45, 7) is 3.89. The summed E-state index contributed by atoms with van der Waals surface area (Å²) in [4.78, 5) is 28.4. The van der Waals surface area contributed by atoms with Crippen LogP contribution in [0.5, 0.6) is 11.5 Å². The molecule has 1 saturated carbocycles. The molecule has 3 aliphatic rings. The molecule has 1 saturated heterocycles. The third kappa shape index (κ3) is 2.45. The molecule has 1 aromatic rings. The maximum Gasteiger partial charge on any atom is 0.316 e. The molecule has 0 spiro atoms. The summed E-state index contributed by atoms with van der Waals surface area (Å²) in [5.41, 5.74) is 0.510. The smallest absolute Gasteiger partial charge is 0.316 e. The number of esters is 1. The van der Waals surface area contributed by atoms with Crippen LogP contribution in [0.25, 0.3) is 0 Å². The van der Waals surface area contributed by atoms with Crippen LogP contribution in [-0.2, 0) is 9.53 Å². The van der Waals surface area contributed by atoms with Gasteiger partial charge in [0.2, 0.25) is 0 Å². The van der Waals surface area contributed by atoms with Gasteiger partial charge in [-0.3, -0.25) is 9.59 Å². The Hall–Kier alpha value is -2.24. The fourth-order valence-corrected chi connectivity index (χ4v) is 5.18. The van der Waals surface area contributed by atoms with E-state index in [-0.39, 0.29) is 24.0 Å². The first-order valence-electron chi connectivity index (χ1n) is 9.73. The van der Waals surface area contributed by atoms with Gasteiger partial charge >= 0.3 is 5.97 Å². The number of methoxy groups -OCH3 is 2. The Morgan fingerprint density at radius 1 is 1.07 bits per heavy atom. The molecule has 0 bridgehead atoms. The van der Waals surface area contributed by atoms with E-state index in [1.165, 1.54) is 6.42 Å². The zero-order valence-electron chi connectivity index (χ0n) is 16.4. The zero-order chi connectivity index (χ0) is 19.3. The fourth-order valence-electron chi connectivity index (χ4n) is 5.18. The quantitative estimate of drug-likeness (QED) is 0.761. The van der Waals surface area contributed by atoms with Crippen molar-refractivity contribution in [1.82, 2.24) is 4.90 Å². The molecular weight excluding hydrogens is 346 g/mol. The number of nitrogens with zero attached hydrogens (tertiary/aromatic N) is 1. The Morgan fingerprint density at radius 2 is 1.70 bits per heavy atom. The van der Waals surface area contributed by atoms with E-state index in [1.54, 1.807) is 26.4 Å². The highest BCUT2D eigenvalue weighted by molar-refractivity contribution is 6.03. The Kier molecular flexibility index (Phi) is 4.32. The standard InChI is InChI=1S/C21H27NO5/c1-12-21(2)18(20(24)27-12)14-10-16(25-3)17(26-4)11-15(14)19(23)22(21)13-8-6-5-7-9-13/h10-13,18H,5-9H2,1-4H3/t12-,18+,21-/m0/s1. The number of benzene rings is 1. The monoisotopic (exact) mass is 373 g/mol. The second kappa shape index (κ2) is 6.43. The molecule has 2 fully saturated rings. The van der Waals surface area contributed by atoms with Crippen LogP contribution in [0.3, 0.4) is 0 Å². The molecule has 6 heteroatoms. The number of amides is 1. The van der Waals surface area contributed by atoms with Crippen LogP contribution in [0.2, 0.25) is 0 Å². The highest BCUT2D eigenvalue weighted by Crippen LogP contribution is 2.52. The van der Waals surface area contributed by atoms with E-state index in [4.69, 9.17) is 14.2 Å². The number of cyclic esters (lactones) is 1. The summed E-state index contributed by atoms with van der Waals surface area (Å²) in [5, 5.41) is 0. The lowest BCUT2D eigenvalue weighted by atomic mass is 9.71. The van der Waals surface area contributed by atoms with Crippen molar-refractivity contribution in [3.8, 4) is 11.5 Å². The van der Waals surface area contributed by atoms with Gasteiger partial charge in [0.15, 0.2) is 11.5 Å². The van der Waals surface area contributed by atoms with Crippen LogP contribution in [0, 0.1) is 0 Å². The molecule has 1 aromatic carbocycles. The van der Waals surface area contributed by atoms with Crippen molar-refractivity contribution in [2.24, 2.45) is 0 Å².